The molecule has 18 heavy (non-hydrogen) atoms. The zero-order chi connectivity index (χ0) is 13.5. The Labute approximate surface area is 107 Å². The minimum absolute atomic E-state index is 0.0110. The maximum Gasteiger partial charge on any atom is 0.236 e. The summed E-state index contributed by atoms with van der Waals surface area (Å²) in [4.78, 5) is 17.1. The maximum atomic E-state index is 11.4. The second-order valence-electron chi connectivity index (χ2n) is 3.88. The number of rotatable bonds is 6. The molecule has 1 aromatic heterocycles. The fourth-order valence-electron chi connectivity index (χ4n) is 1.42. The quantitative estimate of drug-likeness (QED) is 0.788. The van der Waals surface area contributed by atoms with Crippen LogP contribution >= 0.6 is 0 Å². The van der Waals surface area contributed by atoms with E-state index in [0.717, 1.165) is 0 Å². The zero-order valence-corrected chi connectivity index (χ0v) is 11.2. The van der Waals surface area contributed by atoms with Crippen molar-refractivity contribution in [1.29, 1.82) is 0 Å². The molecule has 0 bridgehead atoms. The molecule has 1 N–H and O–H groups in total. The van der Waals surface area contributed by atoms with Gasteiger partial charge in [0.15, 0.2) is 11.5 Å². The van der Waals surface area contributed by atoms with Crippen LogP contribution in [0.15, 0.2) is 12.3 Å². The number of methoxy groups -OCH3 is 2. The van der Waals surface area contributed by atoms with E-state index in [0.29, 0.717) is 23.7 Å². The largest absolute Gasteiger partial charge is 0.493 e. The minimum Gasteiger partial charge on any atom is -0.493 e. The Bertz CT molecular complexity index is 408. The second kappa shape index (κ2) is 6.80. The van der Waals surface area contributed by atoms with Gasteiger partial charge in [-0.2, -0.15) is 0 Å². The monoisotopic (exact) mass is 253 g/mol. The van der Waals surface area contributed by atoms with Crippen molar-refractivity contribution in [2.24, 2.45) is 0 Å². The molecule has 1 aromatic rings. The van der Waals surface area contributed by atoms with Crippen molar-refractivity contribution in [2.45, 2.75) is 6.54 Å². The summed E-state index contributed by atoms with van der Waals surface area (Å²) in [7, 11) is 6.57. The lowest BCUT2D eigenvalue weighted by Gasteiger charge is -2.13. The van der Waals surface area contributed by atoms with E-state index < -0.39 is 0 Å². The van der Waals surface area contributed by atoms with Crippen molar-refractivity contribution in [3.63, 3.8) is 0 Å². The number of nitrogens with one attached hydrogen (secondary N) is 1. The van der Waals surface area contributed by atoms with Gasteiger partial charge in [-0.3, -0.25) is 9.78 Å². The molecule has 6 nitrogen and oxygen atoms in total. The molecule has 0 aliphatic heterocycles. The molecule has 1 amide bonds. The van der Waals surface area contributed by atoms with Crippen LogP contribution in [0.3, 0.4) is 0 Å². The third kappa shape index (κ3) is 3.59. The van der Waals surface area contributed by atoms with Crippen molar-refractivity contribution < 1.29 is 14.3 Å². The first-order valence-corrected chi connectivity index (χ1v) is 5.56. The van der Waals surface area contributed by atoms with Crippen LogP contribution < -0.4 is 14.8 Å². The van der Waals surface area contributed by atoms with Gasteiger partial charge in [0, 0.05) is 32.9 Å². The van der Waals surface area contributed by atoms with Crippen LogP contribution in [-0.2, 0) is 11.3 Å². The van der Waals surface area contributed by atoms with Gasteiger partial charge in [-0.1, -0.05) is 0 Å². The second-order valence-corrected chi connectivity index (χ2v) is 3.88. The molecule has 1 rings (SSSR count). The first-order chi connectivity index (χ1) is 8.60. The molecule has 0 atom stereocenters. The summed E-state index contributed by atoms with van der Waals surface area (Å²) >= 11 is 0. The normalized spacial score (nSPS) is 10.0. The molecule has 6 heteroatoms. The molecule has 0 saturated heterocycles. The molecule has 0 saturated carbocycles. The molecule has 0 aromatic carbocycles. The van der Waals surface area contributed by atoms with Gasteiger partial charge >= 0.3 is 0 Å². The number of likely N-dealkylation sites (N-methyl/N-ethyl adjacent to an activating group) is 1. The number of ether oxygens (including phenoxy) is 2. The van der Waals surface area contributed by atoms with Gasteiger partial charge in [-0.05, 0) is 0 Å². The first kappa shape index (κ1) is 14.2. The average molecular weight is 253 g/mol. The van der Waals surface area contributed by atoms with Crippen molar-refractivity contribution in [2.75, 3.05) is 34.9 Å². The van der Waals surface area contributed by atoms with Crippen LogP contribution in [0, 0.1) is 0 Å². The number of nitrogens with zero attached hydrogens (tertiary/aromatic N) is 2. The third-order valence-electron chi connectivity index (χ3n) is 2.43. The van der Waals surface area contributed by atoms with Crippen molar-refractivity contribution >= 4 is 5.91 Å². The van der Waals surface area contributed by atoms with Gasteiger partial charge in [-0.15, -0.1) is 0 Å². The summed E-state index contributed by atoms with van der Waals surface area (Å²) in [5.74, 6) is 1.23. The Morgan fingerprint density at radius 3 is 2.67 bits per heavy atom. The van der Waals surface area contributed by atoms with Crippen LogP contribution in [0.4, 0.5) is 0 Å². The maximum absolute atomic E-state index is 11.4. The number of aromatic nitrogens is 1. The van der Waals surface area contributed by atoms with E-state index >= 15 is 0 Å². The molecule has 100 valence electrons. The van der Waals surface area contributed by atoms with Crippen molar-refractivity contribution in [3.05, 3.63) is 18.0 Å². The molecule has 0 aliphatic carbocycles. The Morgan fingerprint density at radius 2 is 2.11 bits per heavy atom. The lowest BCUT2D eigenvalue weighted by atomic mass is 10.3. The third-order valence-corrected chi connectivity index (χ3v) is 2.43. The van der Waals surface area contributed by atoms with Crippen molar-refractivity contribution in [3.8, 4) is 11.5 Å². The minimum atomic E-state index is 0.0110. The Balaban J connectivity index is 2.64. The summed E-state index contributed by atoms with van der Waals surface area (Å²) in [6, 6.07) is 1.73. The van der Waals surface area contributed by atoms with Crippen LogP contribution in [0.2, 0.25) is 0 Å². The Morgan fingerprint density at radius 1 is 1.39 bits per heavy atom. The highest BCUT2D eigenvalue weighted by molar-refractivity contribution is 5.77. The highest BCUT2D eigenvalue weighted by Gasteiger charge is 2.11. The fraction of sp³-hybridized carbons (Fsp3) is 0.500. The SMILES string of the molecule is COc1ccnc(CNCC(=O)N(C)C)c1OC. The van der Waals surface area contributed by atoms with E-state index in [4.69, 9.17) is 9.47 Å². The smallest absolute Gasteiger partial charge is 0.236 e. The summed E-state index contributed by atoms with van der Waals surface area (Å²) in [6.45, 7) is 0.703. The molecule has 0 spiro atoms. The molecule has 1 heterocycles. The number of hydrogen-bond donors (Lipinski definition) is 1. The summed E-state index contributed by atoms with van der Waals surface area (Å²) < 4.78 is 10.4. The van der Waals surface area contributed by atoms with Gasteiger partial charge in [0.05, 0.1) is 26.5 Å². The predicted octanol–water partition coefficient (Wildman–Crippen LogP) is 0.277. The average Bonchev–Trinajstić information content (AvgIpc) is 2.37. The Kier molecular flexibility index (Phi) is 5.38. The molecular formula is C12H19N3O3. The molecule has 0 fully saturated rings. The van der Waals surface area contributed by atoms with Gasteiger partial charge in [-0.25, -0.2) is 0 Å². The molecular weight excluding hydrogens is 234 g/mol. The number of pyridine rings is 1. The predicted molar refractivity (Wildman–Crippen MR) is 67.7 cm³/mol. The van der Waals surface area contributed by atoms with Crippen LogP contribution in [0.1, 0.15) is 5.69 Å². The first-order valence-electron chi connectivity index (χ1n) is 5.56. The van der Waals surface area contributed by atoms with Crippen LogP contribution in [0.5, 0.6) is 11.5 Å². The van der Waals surface area contributed by atoms with Gasteiger partial charge in [0.25, 0.3) is 0 Å². The van der Waals surface area contributed by atoms with E-state index in [1.807, 2.05) is 0 Å². The van der Waals surface area contributed by atoms with Crippen LogP contribution in [0.25, 0.3) is 0 Å². The highest BCUT2D eigenvalue weighted by atomic mass is 16.5. The lowest BCUT2D eigenvalue weighted by Crippen LogP contribution is -2.32. The highest BCUT2D eigenvalue weighted by Crippen LogP contribution is 2.28. The fourth-order valence-corrected chi connectivity index (χ4v) is 1.42. The van der Waals surface area contributed by atoms with Gasteiger partial charge < -0.3 is 19.7 Å². The van der Waals surface area contributed by atoms with Gasteiger partial charge in [0.1, 0.15) is 0 Å². The number of amides is 1. The summed E-state index contributed by atoms with van der Waals surface area (Å²) in [5.41, 5.74) is 0.711. The number of hydrogen-bond acceptors (Lipinski definition) is 5. The van der Waals surface area contributed by atoms with E-state index in [2.05, 4.69) is 10.3 Å². The molecule has 0 unspecified atom stereocenters. The number of carbonyl (C=O) groups is 1. The molecule has 0 radical (unpaired) electrons. The van der Waals surface area contributed by atoms with Crippen molar-refractivity contribution in [1.82, 2.24) is 15.2 Å². The van der Waals surface area contributed by atoms with E-state index in [-0.39, 0.29) is 12.5 Å². The van der Waals surface area contributed by atoms with E-state index in [9.17, 15) is 4.79 Å². The van der Waals surface area contributed by atoms with Gasteiger partial charge in [0.2, 0.25) is 5.91 Å². The lowest BCUT2D eigenvalue weighted by molar-refractivity contribution is -0.127. The number of carbonyl (C=O) groups excluding carboxylic acids is 1. The Hall–Kier alpha value is -1.82. The van der Waals surface area contributed by atoms with E-state index in [1.165, 1.54) is 4.90 Å². The topological polar surface area (TPSA) is 63.7 Å². The summed E-state index contributed by atoms with van der Waals surface area (Å²) in [5, 5.41) is 3.02. The molecule has 0 aliphatic rings. The standard InChI is InChI=1S/C12H19N3O3/c1-15(2)11(16)8-13-7-9-12(18-4)10(17-3)5-6-14-9/h5-6,13H,7-8H2,1-4H3. The summed E-state index contributed by atoms with van der Waals surface area (Å²) in [6.07, 6.45) is 1.64. The zero-order valence-electron chi connectivity index (χ0n) is 11.2. The van der Waals surface area contributed by atoms with Crippen LogP contribution in [-0.4, -0.2) is 50.7 Å². The van der Waals surface area contributed by atoms with E-state index in [1.54, 1.807) is 40.6 Å².